The molecule has 134 valence electrons. The van der Waals surface area contributed by atoms with E-state index in [2.05, 4.69) is 33.2 Å². The number of anilines is 2. The standard InChI is InChI=1S/C20H27FN4/c1-3-18-6-4-5-13-25(18)20-14-19(23-15(2)24-20)22-12-11-16-7-9-17(21)10-8-16/h7-10,14,18H,3-6,11-13H2,1-2H3,(H,22,23,24). The van der Waals surface area contributed by atoms with E-state index in [9.17, 15) is 4.39 Å². The number of aromatic nitrogens is 2. The summed E-state index contributed by atoms with van der Waals surface area (Å²) in [5.74, 6) is 2.50. The molecule has 1 unspecified atom stereocenters. The van der Waals surface area contributed by atoms with Gasteiger partial charge in [-0.25, -0.2) is 14.4 Å². The Bertz CT molecular complexity index is 687. The summed E-state index contributed by atoms with van der Waals surface area (Å²) in [6.07, 6.45) is 5.76. The van der Waals surface area contributed by atoms with Crippen molar-refractivity contribution in [2.24, 2.45) is 0 Å². The number of hydrogen-bond donors (Lipinski definition) is 1. The molecule has 2 heterocycles. The zero-order chi connectivity index (χ0) is 17.6. The Morgan fingerprint density at radius 3 is 2.76 bits per heavy atom. The fourth-order valence-corrected chi connectivity index (χ4v) is 3.50. The fraction of sp³-hybridized carbons (Fsp3) is 0.500. The van der Waals surface area contributed by atoms with E-state index in [1.807, 2.05) is 19.1 Å². The van der Waals surface area contributed by atoms with Gasteiger partial charge in [0.05, 0.1) is 0 Å². The summed E-state index contributed by atoms with van der Waals surface area (Å²) in [6, 6.07) is 9.30. The molecule has 0 amide bonds. The number of nitrogens with zero attached hydrogens (tertiary/aromatic N) is 3. The van der Waals surface area contributed by atoms with Crippen molar-refractivity contribution >= 4 is 11.6 Å². The molecule has 1 saturated heterocycles. The van der Waals surface area contributed by atoms with Gasteiger partial charge in [-0.2, -0.15) is 0 Å². The quantitative estimate of drug-likeness (QED) is 0.847. The normalized spacial score (nSPS) is 17.6. The van der Waals surface area contributed by atoms with E-state index in [4.69, 9.17) is 0 Å². The van der Waals surface area contributed by atoms with E-state index in [1.165, 1.54) is 31.4 Å². The fourth-order valence-electron chi connectivity index (χ4n) is 3.50. The van der Waals surface area contributed by atoms with Crippen molar-refractivity contribution < 1.29 is 4.39 Å². The third kappa shape index (κ3) is 4.68. The van der Waals surface area contributed by atoms with Crippen molar-refractivity contribution in [2.75, 3.05) is 23.3 Å². The lowest BCUT2D eigenvalue weighted by atomic mass is 10.00. The van der Waals surface area contributed by atoms with Crippen molar-refractivity contribution in [1.82, 2.24) is 9.97 Å². The van der Waals surface area contributed by atoms with Gasteiger partial charge in [0.15, 0.2) is 0 Å². The number of benzene rings is 1. The number of hydrogen-bond acceptors (Lipinski definition) is 4. The smallest absolute Gasteiger partial charge is 0.134 e. The summed E-state index contributed by atoms with van der Waals surface area (Å²) in [6.45, 7) is 6.03. The zero-order valence-corrected chi connectivity index (χ0v) is 15.1. The second-order valence-electron chi connectivity index (χ2n) is 6.71. The summed E-state index contributed by atoms with van der Waals surface area (Å²) in [7, 11) is 0. The van der Waals surface area contributed by atoms with E-state index < -0.39 is 0 Å². The van der Waals surface area contributed by atoms with Crippen LogP contribution in [0.25, 0.3) is 0 Å². The summed E-state index contributed by atoms with van der Waals surface area (Å²) < 4.78 is 13.0. The van der Waals surface area contributed by atoms with Gasteiger partial charge in [0.2, 0.25) is 0 Å². The van der Waals surface area contributed by atoms with Crippen LogP contribution >= 0.6 is 0 Å². The van der Waals surface area contributed by atoms with Crippen LogP contribution in [0, 0.1) is 12.7 Å². The zero-order valence-electron chi connectivity index (χ0n) is 15.1. The van der Waals surface area contributed by atoms with E-state index in [-0.39, 0.29) is 5.82 Å². The Kier molecular flexibility index (Phi) is 5.84. The lowest BCUT2D eigenvalue weighted by Gasteiger charge is -2.36. The SMILES string of the molecule is CCC1CCCCN1c1cc(NCCc2ccc(F)cc2)nc(C)n1. The monoisotopic (exact) mass is 342 g/mol. The largest absolute Gasteiger partial charge is 0.370 e. The minimum absolute atomic E-state index is 0.195. The highest BCUT2D eigenvalue weighted by Gasteiger charge is 2.22. The highest BCUT2D eigenvalue weighted by Crippen LogP contribution is 2.26. The molecule has 4 nitrogen and oxygen atoms in total. The maximum atomic E-state index is 13.0. The number of halogens is 1. The predicted octanol–water partition coefficient (Wildman–Crippen LogP) is 4.35. The maximum Gasteiger partial charge on any atom is 0.134 e. The molecular formula is C20H27FN4. The molecule has 2 aromatic rings. The van der Waals surface area contributed by atoms with Crippen LogP contribution in [-0.2, 0) is 6.42 Å². The van der Waals surface area contributed by atoms with Crippen molar-refractivity contribution in [3.05, 3.63) is 47.5 Å². The predicted molar refractivity (Wildman–Crippen MR) is 101 cm³/mol. The molecule has 0 bridgehead atoms. The molecule has 1 aliphatic rings. The van der Waals surface area contributed by atoms with Crippen molar-refractivity contribution in [3.8, 4) is 0 Å². The molecule has 0 spiro atoms. The number of piperidine rings is 1. The Labute approximate surface area is 149 Å². The van der Waals surface area contributed by atoms with Crippen LogP contribution in [0.4, 0.5) is 16.0 Å². The number of nitrogens with one attached hydrogen (secondary N) is 1. The van der Waals surface area contributed by atoms with E-state index in [1.54, 1.807) is 0 Å². The average molecular weight is 342 g/mol. The summed E-state index contributed by atoms with van der Waals surface area (Å²) in [5.41, 5.74) is 1.11. The van der Waals surface area contributed by atoms with Gasteiger partial charge in [-0.05, 0) is 56.7 Å². The second-order valence-corrected chi connectivity index (χ2v) is 6.71. The summed E-state index contributed by atoms with van der Waals surface area (Å²) in [5, 5.41) is 3.39. The molecule has 1 aromatic heterocycles. The van der Waals surface area contributed by atoms with Crippen LogP contribution < -0.4 is 10.2 Å². The first-order chi connectivity index (χ1) is 12.2. The number of rotatable bonds is 6. The molecule has 1 N–H and O–H groups in total. The van der Waals surface area contributed by atoms with Gasteiger partial charge in [0.25, 0.3) is 0 Å². The van der Waals surface area contributed by atoms with Gasteiger partial charge in [-0.3, -0.25) is 0 Å². The van der Waals surface area contributed by atoms with Gasteiger partial charge in [0, 0.05) is 25.2 Å². The van der Waals surface area contributed by atoms with Crippen LogP contribution in [-0.4, -0.2) is 29.1 Å². The van der Waals surface area contributed by atoms with Gasteiger partial charge in [-0.15, -0.1) is 0 Å². The minimum Gasteiger partial charge on any atom is -0.370 e. The topological polar surface area (TPSA) is 41.0 Å². The number of aryl methyl sites for hydroxylation is 1. The van der Waals surface area contributed by atoms with Crippen LogP contribution in [0.3, 0.4) is 0 Å². The lowest BCUT2D eigenvalue weighted by molar-refractivity contribution is 0.446. The Morgan fingerprint density at radius 1 is 1.20 bits per heavy atom. The van der Waals surface area contributed by atoms with Crippen molar-refractivity contribution in [2.45, 2.75) is 52.0 Å². The average Bonchev–Trinajstić information content (AvgIpc) is 2.63. The lowest BCUT2D eigenvalue weighted by Crippen LogP contribution is -2.39. The Morgan fingerprint density at radius 2 is 2.00 bits per heavy atom. The van der Waals surface area contributed by atoms with Crippen LogP contribution in [0.1, 0.15) is 44.0 Å². The third-order valence-electron chi connectivity index (χ3n) is 4.85. The first kappa shape index (κ1) is 17.6. The summed E-state index contributed by atoms with van der Waals surface area (Å²) in [4.78, 5) is 11.6. The Hall–Kier alpha value is -2.17. The highest BCUT2D eigenvalue weighted by molar-refractivity contribution is 5.50. The molecule has 0 aliphatic carbocycles. The van der Waals surface area contributed by atoms with Gasteiger partial charge < -0.3 is 10.2 Å². The van der Waals surface area contributed by atoms with Crippen LogP contribution in [0.2, 0.25) is 0 Å². The van der Waals surface area contributed by atoms with E-state index in [0.29, 0.717) is 6.04 Å². The molecular weight excluding hydrogens is 315 g/mol. The second kappa shape index (κ2) is 8.28. The first-order valence-corrected chi connectivity index (χ1v) is 9.26. The van der Waals surface area contributed by atoms with E-state index in [0.717, 1.165) is 49.0 Å². The molecule has 1 fully saturated rings. The van der Waals surface area contributed by atoms with Gasteiger partial charge >= 0.3 is 0 Å². The highest BCUT2D eigenvalue weighted by atomic mass is 19.1. The van der Waals surface area contributed by atoms with Crippen molar-refractivity contribution in [3.63, 3.8) is 0 Å². The molecule has 0 radical (unpaired) electrons. The molecule has 5 heteroatoms. The summed E-state index contributed by atoms with van der Waals surface area (Å²) >= 11 is 0. The minimum atomic E-state index is -0.195. The molecule has 0 saturated carbocycles. The first-order valence-electron chi connectivity index (χ1n) is 9.26. The molecule has 1 atom stereocenters. The maximum absolute atomic E-state index is 13.0. The molecule has 25 heavy (non-hydrogen) atoms. The molecule has 1 aromatic carbocycles. The Balaban J connectivity index is 1.65. The molecule has 3 rings (SSSR count). The van der Waals surface area contributed by atoms with Crippen molar-refractivity contribution in [1.29, 1.82) is 0 Å². The van der Waals surface area contributed by atoms with E-state index >= 15 is 0 Å². The van der Waals surface area contributed by atoms with Gasteiger partial charge in [-0.1, -0.05) is 19.1 Å². The third-order valence-corrected chi connectivity index (χ3v) is 4.85. The van der Waals surface area contributed by atoms with Crippen LogP contribution in [0.5, 0.6) is 0 Å². The van der Waals surface area contributed by atoms with Gasteiger partial charge in [0.1, 0.15) is 23.3 Å². The van der Waals surface area contributed by atoms with Crippen LogP contribution in [0.15, 0.2) is 30.3 Å². The molecule has 1 aliphatic heterocycles.